The van der Waals surface area contributed by atoms with E-state index in [-0.39, 0.29) is 50.7 Å². The Balaban J connectivity index is 1.58. The SMILES string of the molecule is CC(Oc1cc(-c2ccc(C(=O)N3C[C@@H](C)N[C@@H](C)C3)c(F)c2)cnc1N)c1c(Cl)ccc(F)c1Cl. The van der Waals surface area contributed by atoms with Crippen molar-refractivity contribution < 1.29 is 18.3 Å². The van der Waals surface area contributed by atoms with E-state index in [4.69, 9.17) is 33.7 Å². The van der Waals surface area contributed by atoms with Crippen LogP contribution in [0.5, 0.6) is 5.75 Å². The van der Waals surface area contributed by atoms with Crippen LogP contribution in [0.1, 0.15) is 42.8 Å². The molecule has 0 spiro atoms. The number of carbonyl (C=O) groups excluding carboxylic acids is 1. The molecule has 190 valence electrons. The van der Waals surface area contributed by atoms with Crippen molar-refractivity contribution in [2.75, 3.05) is 18.8 Å². The molecule has 2 heterocycles. The van der Waals surface area contributed by atoms with Gasteiger partial charge in [0.1, 0.15) is 17.7 Å². The van der Waals surface area contributed by atoms with Gasteiger partial charge in [-0.2, -0.15) is 0 Å². The summed E-state index contributed by atoms with van der Waals surface area (Å²) < 4.78 is 34.9. The van der Waals surface area contributed by atoms with Crippen molar-refractivity contribution in [1.29, 1.82) is 0 Å². The van der Waals surface area contributed by atoms with E-state index >= 15 is 4.39 Å². The van der Waals surface area contributed by atoms with Crippen molar-refractivity contribution >= 4 is 34.9 Å². The lowest BCUT2D eigenvalue weighted by Crippen LogP contribution is -2.55. The molecular formula is C26H26Cl2F2N4O2. The number of carbonyl (C=O) groups is 1. The van der Waals surface area contributed by atoms with Crippen molar-refractivity contribution in [2.24, 2.45) is 0 Å². The average Bonchev–Trinajstić information content (AvgIpc) is 2.82. The fourth-order valence-electron chi connectivity index (χ4n) is 4.40. The minimum absolute atomic E-state index is 0.00365. The summed E-state index contributed by atoms with van der Waals surface area (Å²) in [6.07, 6.45) is 0.728. The summed E-state index contributed by atoms with van der Waals surface area (Å²) >= 11 is 12.3. The van der Waals surface area contributed by atoms with Crippen molar-refractivity contribution in [1.82, 2.24) is 15.2 Å². The molecule has 0 aliphatic carbocycles. The first-order valence-corrected chi connectivity index (χ1v) is 12.2. The Morgan fingerprint density at radius 2 is 1.81 bits per heavy atom. The number of anilines is 1. The fraction of sp³-hybridized carbons (Fsp3) is 0.308. The second-order valence-electron chi connectivity index (χ2n) is 9.00. The molecule has 1 fully saturated rings. The van der Waals surface area contributed by atoms with Crippen LogP contribution in [0.4, 0.5) is 14.6 Å². The van der Waals surface area contributed by atoms with Gasteiger partial charge in [-0.25, -0.2) is 13.8 Å². The maximum atomic E-state index is 15.1. The summed E-state index contributed by atoms with van der Waals surface area (Å²) in [5.41, 5.74) is 7.27. The molecule has 1 aliphatic rings. The van der Waals surface area contributed by atoms with Gasteiger partial charge in [-0.05, 0) is 56.7 Å². The number of nitrogens with two attached hydrogens (primary N) is 1. The van der Waals surface area contributed by atoms with E-state index in [0.29, 0.717) is 24.2 Å². The third kappa shape index (κ3) is 5.40. The predicted molar refractivity (Wildman–Crippen MR) is 137 cm³/mol. The third-order valence-electron chi connectivity index (χ3n) is 6.05. The molecule has 6 nitrogen and oxygen atoms in total. The predicted octanol–water partition coefficient (Wildman–Crippen LogP) is 5.88. The number of nitrogens with zero attached hydrogens (tertiary/aromatic N) is 2. The van der Waals surface area contributed by atoms with Crippen molar-refractivity contribution in [3.63, 3.8) is 0 Å². The molecule has 2 aromatic carbocycles. The van der Waals surface area contributed by atoms with E-state index in [1.165, 1.54) is 30.5 Å². The lowest BCUT2D eigenvalue weighted by molar-refractivity contribution is 0.0669. The van der Waals surface area contributed by atoms with Gasteiger partial charge in [0, 0.05) is 47.5 Å². The average molecular weight is 535 g/mol. The Hall–Kier alpha value is -2.94. The van der Waals surface area contributed by atoms with Crippen LogP contribution in [-0.2, 0) is 0 Å². The Labute approximate surface area is 218 Å². The molecule has 3 N–H and O–H groups in total. The number of nitrogens with one attached hydrogen (secondary N) is 1. The van der Waals surface area contributed by atoms with Gasteiger partial charge in [0.2, 0.25) is 0 Å². The van der Waals surface area contributed by atoms with Crippen LogP contribution >= 0.6 is 23.2 Å². The maximum absolute atomic E-state index is 15.1. The van der Waals surface area contributed by atoms with Crippen LogP contribution in [0.3, 0.4) is 0 Å². The molecule has 0 bridgehead atoms. The molecule has 3 aromatic rings. The van der Waals surface area contributed by atoms with E-state index in [0.717, 1.165) is 0 Å². The third-order valence-corrected chi connectivity index (χ3v) is 6.76. The van der Waals surface area contributed by atoms with E-state index in [9.17, 15) is 9.18 Å². The van der Waals surface area contributed by atoms with Crippen LogP contribution < -0.4 is 15.8 Å². The lowest BCUT2D eigenvalue weighted by Gasteiger charge is -2.36. The quantitative estimate of drug-likeness (QED) is 0.399. The first-order chi connectivity index (χ1) is 17.0. The Bertz CT molecular complexity index is 1300. The van der Waals surface area contributed by atoms with Gasteiger partial charge in [-0.15, -0.1) is 0 Å². The van der Waals surface area contributed by atoms with Crippen molar-refractivity contribution in [3.8, 4) is 16.9 Å². The summed E-state index contributed by atoms with van der Waals surface area (Å²) in [5.74, 6) is -1.33. The second-order valence-corrected chi connectivity index (χ2v) is 9.78. The van der Waals surface area contributed by atoms with Crippen LogP contribution in [0.25, 0.3) is 11.1 Å². The Morgan fingerprint density at radius 1 is 1.11 bits per heavy atom. The monoisotopic (exact) mass is 534 g/mol. The fourth-order valence-corrected chi connectivity index (χ4v) is 5.08. The summed E-state index contributed by atoms with van der Waals surface area (Å²) in [6, 6.07) is 8.80. The number of nitrogen functional groups attached to an aromatic ring is 1. The first kappa shape index (κ1) is 26.1. The number of pyridine rings is 1. The number of halogens is 4. The first-order valence-electron chi connectivity index (χ1n) is 11.5. The molecular weight excluding hydrogens is 509 g/mol. The number of aromatic nitrogens is 1. The molecule has 1 amide bonds. The molecule has 1 unspecified atom stereocenters. The number of rotatable bonds is 5. The second kappa shape index (κ2) is 10.6. The Morgan fingerprint density at radius 3 is 2.47 bits per heavy atom. The lowest BCUT2D eigenvalue weighted by atomic mass is 10.0. The molecule has 3 atom stereocenters. The van der Waals surface area contributed by atoms with E-state index in [1.54, 1.807) is 24.0 Å². The molecule has 1 aliphatic heterocycles. The zero-order chi connectivity index (χ0) is 26.1. The van der Waals surface area contributed by atoms with Crippen LogP contribution in [0.15, 0.2) is 42.6 Å². The molecule has 0 radical (unpaired) electrons. The zero-order valence-electron chi connectivity index (χ0n) is 20.0. The summed E-state index contributed by atoms with van der Waals surface area (Å²) in [5, 5.41) is 3.45. The van der Waals surface area contributed by atoms with Crippen LogP contribution in [0.2, 0.25) is 10.0 Å². The highest BCUT2D eigenvalue weighted by Crippen LogP contribution is 2.37. The van der Waals surface area contributed by atoms with Gasteiger partial charge in [-0.1, -0.05) is 29.3 Å². The molecule has 1 aromatic heterocycles. The number of hydrogen-bond donors (Lipinski definition) is 2. The largest absolute Gasteiger partial charge is 0.482 e. The van der Waals surface area contributed by atoms with E-state index in [2.05, 4.69) is 10.3 Å². The van der Waals surface area contributed by atoms with E-state index < -0.39 is 17.7 Å². The number of hydrogen-bond acceptors (Lipinski definition) is 5. The van der Waals surface area contributed by atoms with Crippen molar-refractivity contribution in [2.45, 2.75) is 39.0 Å². The van der Waals surface area contributed by atoms with Crippen molar-refractivity contribution in [3.05, 3.63) is 75.4 Å². The zero-order valence-corrected chi connectivity index (χ0v) is 21.5. The highest BCUT2D eigenvalue weighted by atomic mass is 35.5. The number of ether oxygens (including phenoxy) is 1. The standard InChI is InChI=1S/C26H26Cl2F2N4O2/c1-13-11-34(12-14(2)33-13)26(35)18-5-4-16(8-21(18)30)17-9-22(25(31)32-10-17)36-15(3)23-19(27)6-7-20(29)24(23)28/h4-10,13-15,33H,11-12H2,1-3H3,(H2,31,32)/t13-,14+,15?. The summed E-state index contributed by atoms with van der Waals surface area (Å²) in [7, 11) is 0. The molecule has 10 heteroatoms. The Kier molecular flexibility index (Phi) is 7.68. The number of amides is 1. The normalized spacial score (nSPS) is 18.7. The smallest absolute Gasteiger partial charge is 0.256 e. The minimum atomic E-state index is -0.749. The minimum Gasteiger partial charge on any atom is -0.482 e. The van der Waals surface area contributed by atoms with E-state index in [1.807, 2.05) is 13.8 Å². The topological polar surface area (TPSA) is 80.5 Å². The van der Waals surface area contributed by atoms with Crippen LogP contribution in [-0.4, -0.2) is 41.0 Å². The molecule has 4 rings (SSSR count). The molecule has 36 heavy (non-hydrogen) atoms. The van der Waals surface area contributed by atoms with Gasteiger partial charge in [0.15, 0.2) is 11.6 Å². The number of piperazine rings is 1. The highest BCUT2D eigenvalue weighted by molar-refractivity contribution is 6.36. The summed E-state index contributed by atoms with van der Waals surface area (Å²) in [6.45, 7) is 6.63. The van der Waals surface area contributed by atoms with Gasteiger partial charge in [0.05, 0.1) is 10.6 Å². The number of benzene rings is 2. The van der Waals surface area contributed by atoms with Gasteiger partial charge in [-0.3, -0.25) is 4.79 Å². The maximum Gasteiger partial charge on any atom is 0.256 e. The highest BCUT2D eigenvalue weighted by Gasteiger charge is 2.27. The molecule has 1 saturated heterocycles. The van der Waals surface area contributed by atoms with Gasteiger partial charge < -0.3 is 20.7 Å². The molecule has 0 saturated carbocycles. The summed E-state index contributed by atoms with van der Waals surface area (Å²) in [4.78, 5) is 18.8. The van der Waals surface area contributed by atoms with Crippen LogP contribution in [0, 0.1) is 11.6 Å². The van der Waals surface area contributed by atoms with Gasteiger partial charge >= 0.3 is 0 Å². The van der Waals surface area contributed by atoms with Gasteiger partial charge in [0.25, 0.3) is 5.91 Å².